The molecule has 4 fully saturated rings. The maximum atomic E-state index is 10.8. The largest absolute Gasteiger partial charge is 0.437 e. The molecule has 4 bridgehead atoms. The van der Waals surface area contributed by atoms with Crippen molar-refractivity contribution in [3.05, 3.63) is 0 Å². The summed E-state index contributed by atoms with van der Waals surface area (Å²) in [7, 11) is 0. The zero-order valence-corrected chi connectivity index (χ0v) is 10.4. The summed E-state index contributed by atoms with van der Waals surface area (Å²) in [5.41, 5.74) is 4.02. The maximum absolute atomic E-state index is 10.8. The number of aliphatic hydroxyl groups is 1. The van der Waals surface area contributed by atoms with E-state index in [1.165, 1.54) is 6.42 Å². The predicted molar refractivity (Wildman–Crippen MR) is 65.3 cm³/mol. The minimum absolute atomic E-state index is 0.0239. The topological polar surface area (TPSA) is 72.6 Å². The molecular weight excluding hydrogens is 230 g/mol. The van der Waals surface area contributed by atoms with Crippen LogP contribution in [0.1, 0.15) is 32.1 Å². The summed E-state index contributed by atoms with van der Waals surface area (Å²) in [5, 5.41) is 10.8. The van der Waals surface area contributed by atoms with Crippen molar-refractivity contribution in [1.29, 1.82) is 0 Å². The molecule has 0 spiro atoms. The molecule has 1 amide bonds. The molecule has 0 unspecified atom stereocenters. The van der Waals surface area contributed by atoms with Crippen molar-refractivity contribution in [1.82, 2.24) is 0 Å². The number of carbonyl (C=O) groups is 1. The Morgan fingerprint density at radius 1 is 1.22 bits per heavy atom. The third kappa shape index (κ3) is 1.87. The Morgan fingerprint density at radius 2 is 1.78 bits per heavy atom. The summed E-state index contributed by atoms with van der Waals surface area (Å²) in [5.74, 6) is 7.97. The number of nitrogens with two attached hydrogens (primary N) is 1. The molecule has 4 heteroatoms. The van der Waals surface area contributed by atoms with Crippen LogP contribution in [-0.2, 0) is 4.74 Å². The normalized spacial score (nSPS) is 44.3. The standard InChI is InChI=1S/C14H19NO3/c15-13(16)18-3-1-2-14(17)11-5-9-4-10(7-11)8-12(14)6-9/h9-12,17H,3-8H2,(H2,15,16). The van der Waals surface area contributed by atoms with E-state index < -0.39 is 11.7 Å². The van der Waals surface area contributed by atoms with Crippen molar-refractivity contribution in [2.75, 3.05) is 6.61 Å². The van der Waals surface area contributed by atoms with Gasteiger partial charge in [0.2, 0.25) is 0 Å². The maximum Gasteiger partial charge on any atom is 0.405 e. The van der Waals surface area contributed by atoms with Crippen LogP contribution in [0.2, 0.25) is 0 Å². The molecule has 4 rings (SSSR count). The number of hydrogen-bond acceptors (Lipinski definition) is 3. The fourth-order valence-corrected chi connectivity index (χ4v) is 4.39. The molecule has 4 nitrogen and oxygen atoms in total. The Hall–Kier alpha value is -1.21. The van der Waals surface area contributed by atoms with E-state index in [2.05, 4.69) is 16.6 Å². The molecule has 0 aromatic carbocycles. The van der Waals surface area contributed by atoms with Crippen LogP contribution in [-0.4, -0.2) is 23.4 Å². The first-order valence-corrected chi connectivity index (χ1v) is 6.72. The number of ether oxygens (including phenoxy) is 1. The Kier molecular flexibility index (Phi) is 2.74. The summed E-state index contributed by atoms with van der Waals surface area (Å²) in [6.07, 6.45) is 4.95. The second-order valence-electron chi connectivity index (χ2n) is 6.04. The molecule has 4 saturated carbocycles. The highest BCUT2D eigenvalue weighted by molar-refractivity contribution is 5.64. The summed E-state index contributed by atoms with van der Waals surface area (Å²) in [6.45, 7) is -0.0239. The van der Waals surface area contributed by atoms with Gasteiger partial charge in [0.05, 0.1) is 0 Å². The number of carbonyl (C=O) groups excluding carboxylic acids is 1. The lowest BCUT2D eigenvalue weighted by Crippen LogP contribution is -2.56. The molecule has 98 valence electrons. The molecule has 4 aliphatic rings. The van der Waals surface area contributed by atoms with Crippen LogP contribution in [0, 0.1) is 35.5 Å². The van der Waals surface area contributed by atoms with Gasteiger partial charge < -0.3 is 15.6 Å². The highest BCUT2D eigenvalue weighted by atomic mass is 16.5. The van der Waals surface area contributed by atoms with Crippen LogP contribution < -0.4 is 5.73 Å². The lowest BCUT2D eigenvalue weighted by Gasteiger charge is -2.56. The lowest BCUT2D eigenvalue weighted by atomic mass is 9.50. The Bertz CT molecular complexity index is 392. The van der Waals surface area contributed by atoms with Crippen LogP contribution in [0.5, 0.6) is 0 Å². The van der Waals surface area contributed by atoms with Gasteiger partial charge in [0.15, 0.2) is 6.61 Å². The highest BCUT2D eigenvalue weighted by Crippen LogP contribution is 2.57. The Morgan fingerprint density at radius 3 is 2.28 bits per heavy atom. The number of amides is 1. The zero-order chi connectivity index (χ0) is 12.8. The van der Waals surface area contributed by atoms with Crippen molar-refractivity contribution in [2.24, 2.45) is 29.4 Å². The fraction of sp³-hybridized carbons (Fsp3) is 0.786. The van der Waals surface area contributed by atoms with E-state index in [1.807, 2.05) is 0 Å². The number of hydrogen-bond donors (Lipinski definition) is 2. The minimum atomic E-state index is -0.853. The zero-order valence-electron chi connectivity index (χ0n) is 10.4. The summed E-state index contributed by atoms with van der Waals surface area (Å²) < 4.78 is 4.58. The SMILES string of the molecule is NC(=O)OCC#CC1(O)C2CC3CC(C2)CC1C3. The van der Waals surface area contributed by atoms with Gasteiger partial charge in [0.1, 0.15) is 5.60 Å². The fourth-order valence-electron chi connectivity index (χ4n) is 4.39. The average Bonchev–Trinajstić information content (AvgIpc) is 2.31. The van der Waals surface area contributed by atoms with E-state index in [1.54, 1.807) is 0 Å². The lowest BCUT2D eigenvalue weighted by molar-refractivity contribution is -0.136. The van der Waals surface area contributed by atoms with Crippen molar-refractivity contribution >= 4 is 6.09 Å². The van der Waals surface area contributed by atoms with E-state index in [0.29, 0.717) is 11.8 Å². The van der Waals surface area contributed by atoms with E-state index >= 15 is 0 Å². The van der Waals surface area contributed by atoms with Gasteiger partial charge in [-0.2, -0.15) is 0 Å². The molecule has 3 N–H and O–H groups in total. The first-order valence-electron chi connectivity index (χ1n) is 6.72. The molecule has 0 atom stereocenters. The van der Waals surface area contributed by atoms with E-state index in [4.69, 9.17) is 5.73 Å². The van der Waals surface area contributed by atoms with Crippen LogP contribution in [0.25, 0.3) is 0 Å². The molecule has 0 heterocycles. The third-order valence-electron chi connectivity index (χ3n) is 4.96. The molecule has 0 aromatic heterocycles. The van der Waals surface area contributed by atoms with Gasteiger partial charge in [-0.25, -0.2) is 4.79 Å². The van der Waals surface area contributed by atoms with Crippen LogP contribution in [0.15, 0.2) is 0 Å². The van der Waals surface area contributed by atoms with E-state index in [9.17, 15) is 9.90 Å². The van der Waals surface area contributed by atoms with Gasteiger partial charge in [-0.15, -0.1) is 0 Å². The first-order chi connectivity index (χ1) is 8.58. The van der Waals surface area contributed by atoms with Gasteiger partial charge in [-0.05, 0) is 55.8 Å². The van der Waals surface area contributed by atoms with Gasteiger partial charge >= 0.3 is 6.09 Å². The summed E-state index contributed by atoms with van der Waals surface area (Å²) >= 11 is 0. The first kappa shape index (κ1) is 11.9. The van der Waals surface area contributed by atoms with Crippen LogP contribution in [0.3, 0.4) is 0 Å². The predicted octanol–water partition coefficient (Wildman–Crippen LogP) is 1.27. The van der Waals surface area contributed by atoms with Crippen molar-refractivity contribution < 1.29 is 14.6 Å². The van der Waals surface area contributed by atoms with E-state index in [0.717, 1.165) is 37.5 Å². The van der Waals surface area contributed by atoms with Gasteiger partial charge in [0.25, 0.3) is 0 Å². The van der Waals surface area contributed by atoms with Crippen molar-refractivity contribution in [3.63, 3.8) is 0 Å². The van der Waals surface area contributed by atoms with Crippen molar-refractivity contribution in [3.8, 4) is 11.8 Å². The van der Waals surface area contributed by atoms with Crippen LogP contribution in [0.4, 0.5) is 4.79 Å². The second kappa shape index (κ2) is 4.17. The van der Waals surface area contributed by atoms with Crippen LogP contribution >= 0.6 is 0 Å². The highest BCUT2D eigenvalue weighted by Gasteiger charge is 2.55. The monoisotopic (exact) mass is 249 g/mol. The molecule has 0 aromatic rings. The summed E-state index contributed by atoms with van der Waals surface area (Å²) in [4.78, 5) is 10.4. The Labute approximate surface area is 107 Å². The molecule has 0 saturated heterocycles. The molecular formula is C14H19NO3. The van der Waals surface area contributed by atoms with E-state index in [-0.39, 0.29) is 6.61 Å². The van der Waals surface area contributed by atoms with Crippen molar-refractivity contribution in [2.45, 2.75) is 37.7 Å². The van der Waals surface area contributed by atoms with Gasteiger partial charge in [-0.1, -0.05) is 11.8 Å². The summed E-state index contributed by atoms with van der Waals surface area (Å²) in [6, 6.07) is 0. The van der Waals surface area contributed by atoms with Gasteiger partial charge in [-0.3, -0.25) is 0 Å². The quantitative estimate of drug-likeness (QED) is 0.687. The number of rotatable bonds is 1. The minimum Gasteiger partial charge on any atom is -0.437 e. The van der Waals surface area contributed by atoms with Gasteiger partial charge in [0, 0.05) is 0 Å². The molecule has 0 aliphatic heterocycles. The molecule has 18 heavy (non-hydrogen) atoms. The third-order valence-corrected chi connectivity index (χ3v) is 4.96. The molecule has 4 aliphatic carbocycles. The average molecular weight is 249 g/mol. The number of primary amides is 1. The second-order valence-corrected chi connectivity index (χ2v) is 6.04. The smallest absolute Gasteiger partial charge is 0.405 e. The molecule has 0 radical (unpaired) electrons. The Balaban J connectivity index is 1.72.